The Morgan fingerprint density at radius 3 is 1.92 bits per heavy atom. The number of aliphatic imine (C=N–C) groups is 1. The summed E-state index contributed by atoms with van der Waals surface area (Å²) in [5.41, 5.74) is 1.27. The molecule has 2 heterocycles. The molecule has 10 heteroatoms. The van der Waals surface area contributed by atoms with E-state index in [1.54, 1.807) is 0 Å². The monoisotopic (exact) mass is 719 g/mol. The van der Waals surface area contributed by atoms with Crippen LogP contribution in [0.4, 0.5) is 4.79 Å². The van der Waals surface area contributed by atoms with Crippen molar-refractivity contribution in [1.82, 2.24) is 20.0 Å². The number of rotatable bonds is 7. The zero-order valence-corrected chi connectivity index (χ0v) is 32.4. The molecule has 268 valence electrons. The summed E-state index contributed by atoms with van der Waals surface area (Å²) in [6, 6.07) is 21.4. The van der Waals surface area contributed by atoms with Crippen molar-refractivity contribution in [2.75, 3.05) is 39.3 Å². The summed E-state index contributed by atoms with van der Waals surface area (Å²) in [6.45, 7) is 21.3. The zero-order valence-electron chi connectivity index (χ0n) is 30.9. The predicted molar refractivity (Wildman–Crippen MR) is 204 cm³/mol. The molecule has 0 spiro atoms. The quantitative estimate of drug-likeness (QED) is 0.267. The van der Waals surface area contributed by atoms with Gasteiger partial charge in [0.1, 0.15) is 22.7 Å². The van der Waals surface area contributed by atoms with Gasteiger partial charge in [-0.3, -0.25) is 19.6 Å². The standard InChI is InChI=1S/C40H51Cl2N5O3/c1-10-50-33-25-29(37(2,3)4)15-20-32(33)35-44-39(8,27-11-16-30(41)17-12-27)40(9,28-13-18-31(42)19-14-28)47(35)36(49)46-23-21-45(22-24-46)26-34(48)43-38(5,6)7/h11-20,25H,10,21-24,26H2,1-9H3,(H,43,48)/t39-,40+/m0/s1. The van der Waals surface area contributed by atoms with E-state index in [9.17, 15) is 4.79 Å². The average molecular weight is 721 g/mol. The van der Waals surface area contributed by atoms with Gasteiger partial charge in [0.05, 0.1) is 18.7 Å². The molecule has 2 aliphatic heterocycles. The molecule has 2 atom stereocenters. The lowest BCUT2D eigenvalue weighted by atomic mass is 9.71. The molecule has 2 aliphatic rings. The van der Waals surface area contributed by atoms with E-state index in [4.69, 9.17) is 32.9 Å². The summed E-state index contributed by atoms with van der Waals surface area (Å²) in [5.74, 6) is 1.17. The van der Waals surface area contributed by atoms with Crippen LogP contribution in [-0.4, -0.2) is 77.3 Å². The van der Waals surface area contributed by atoms with E-state index >= 15 is 4.79 Å². The SMILES string of the molecule is CCOc1cc(C(C)(C)C)ccc1C1=N[C@@](C)(c2ccc(Cl)cc2)[C@@](C)(c2ccc(Cl)cc2)N1C(=O)N1CCN(CC(=O)NC(C)(C)C)CC1. The Kier molecular flexibility index (Phi) is 10.7. The summed E-state index contributed by atoms with van der Waals surface area (Å²) < 4.78 is 6.31. The first kappa shape index (κ1) is 37.7. The number of amides is 3. The first-order chi connectivity index (χ1) is 23.4. The molecule has 3 aromatic carbocycles. The summed E-state index contributed by atoms with van der Waals surface area (Å²) in [7, 11) is 0. The van der Waals surface area contributed by atoms with Gasteiger partial charge in [0.25, 0.3) is 0 Å². The Hall–Kier alpha value is -3.59. The Balaban J connectivity index is 1.64. The number of carbonyl (C=O) groups excluding carboxylic acids is 2. The van der Waals surface area contributed by atoms with Crippen LogP contribution in [0.2, 0.25) is 10.0 Å². The highest BCUT2D eigenvalue weighted by Gasteiger charge is 2.60. The summed E-state index contributed by atoms with van der Waals surface area (Å²) in [5, 5.41) is 4.26. The Morgan fingerprint density at radius 2 is 1.40 bits per heavy atom. The number of carbonyl (C=O) groups is 2. The van der Waals surface area contributed by atoms with E-state index in [0.717, 1.165) is 22.3 Å². The number of amidine groups is 1. The van der Waals surface area contributed by atoms with Crippen LogP contribution in [0.15, 0.2) is 71.7 Å². The minimum Gasteiger partial charge on any atom is -0.493 e. The van der Waals surface area contributed by atoms with Crippen LogP contribution < -0.4 is 10.1 Å². The van der Waals surface area contributed by atoms with Gasteiger partial charge in [0.15, 0.2) is 0 Å². The highest BCUT2D eigenvalue weighted by Crippen LogP contribution is 2.54. The minimum atomic E-state index is -1.01. The van der Waals surface area contributed by atoms with Crippen molar-refractivity contribution in [3.8, 4) is 5.75 Å². The molecule has 0 radical (unpaired) electrons. The van der Waals surface area contributed by atoms with Gasteiger partial charge >= 0.3 is 6.03 Å². The van der Waals surface area contributed by atoms with E-state index in [1.807, 2.05) is 92.1 Å². The molecule has 8 nitrogen and oxygen atoms in total. The fourth-order valence-electron chi connectivity index (χ4n) is 6.92. The maximum absolute atomic E-state index is 15.2. The molecule has 0 aromatic heterocycles. The Morgan fingerprint density at radius 1 is 0.840 bits per heavy atom. The summed E-state index contributed by atoms with van der Waals surface area (Å²) in [6.07, 6.45) is 0. The molecule has 1 fully saturated rings. The first-order valence-corrected chi connectivity index (χ1v) is 18.1. The van der Waals surface area contributed by atoms with Crippen LogP contribution >= 0.6 is 23.2 Å². The molecule has 0 bridgehead atoms. The second-order valence-corrected chi connectivity index (χ2v) is 16.5. The van der Waals surface area contributed by atoms with E-state index in [-0.39, 0.29) is 29.4 Å². The summed E-state index contributed by atoms with van der Waals surface area (Å²) >= 11 is 12.8. The number of benzene rings is 3. The maximum atomic E-state index is 15.2. The smallest absolute Gasteiger partial charge is 0.326 e. The van der Waals surface area contributed by atoms with Gasteiger partial charge in [-0.1, -0.05) is 74.3 Å². The normalized spacial score (nSPS) is 21.6. The predicted octanol–water partition coefficient (Wildman–Crippen LogP) is 8.23. The highest BCUT2D eigenvalue weighted by molar-refractivity contribution is 6.30. The van der Waals surface area contributed by atoms with Gasteiger partial charge in [0.2, 0.25) is 5.91 Å². The molecule has 1 saturated heterocycles. The van der Waals surface area contributed by atoms with Crippen molar-refractivity contribution in [3.05, 3.63) is 99.0 Å². The topological polar surface area (TPSA) is 77.5 Å². The number of ether oxygens (including phenoxy) is 1. The van der Waals surface area contributed by atoms with Crippen molar-refractivity contribution in [2.45, 2.75) is 84.3 Å². The van der Waals surface area contributed by atoms with Gasteiger partial charge in [-0.25, -0.2) is 4.79 Å². The molecule has 0 saturated carbocycles. The van der Waals surface area contributed by atoms with Crippen LogP contribution in [-0.2, 0) is 21.3 Å². The van der Waals surface area contributed by atoms with Crippen molar-refractivity contribution in [1.29, 1.82) is 0 Å². The highest BCUT2D eigenvalue weighted by atomic mass is 35.5. The van der Waals surface area contributed by atoms with Crippen LogP contribution in [0.1, 0.15) is 84.6 Å². The molecule has 0 aliphatic carbocycles. The molecule has 50 heavy (non-hydrogen) atoms. The Labute approximate surface area is 307 Å². The van der Waals surface area contributed by atoms with Crippen molar-refractivity contribution >= 4 is 41.0 Å². The molecule has 0 unspecified atom stereocenters. The minimum absolute atomic E-state index is 0.0255. The van der Waals surface area contributed by atoms with Crippen LogP contribution in [0, 0.1) is 0 Å². The number of piperazine rings is 1. The fourth-order valence-corrected chi connectivity index (χ4v) is 7.17. The van der Waals surface area contributed by atoms with Crippen molar-refractivity contribution < 1.29 is 14.3 Å². The van der Waals surface area contributed by atoms with E-state index in [1.165, 1.54) is 0 Å². The molecular formula is C40H51Cl2N5O3. The van der Waals surface area contributed by atoms with Gasteiger partial charge in [0, 0.05) is 41.8 Å². The molecule has 5 rings (SSSR count). The lowest BCUT2D eigenvalue weighted by Gasteiger charge is -2.47. The number of hydrogen-bond donors (Lipinski definition) is 1. The first-order valence-electron chi connectivity index (χ1n) is 17.4. The molecule has 1 N–H and O–H groups in total. The number of nitrogens with one attached hydrogen (secondary N) is 1. The van der Waals surface area contributed by atoms with E-state index < -0.39 is 11.1 Å². The second kappa shape index (κ2) is 14.2. The summed E-state index contributed by atoms with van der Waals surface area (Å²) in [4.78, 5) is 39.3. The molecular weight excluding hydrogens is 669 g/mol. The van der Waals surface area contributed by atoms with Crippen LogP contribution in [0.5, 0.6) is 5.75 Å². The van der Waals surface area contributed by atoms with Gasteiger partial charge in [-0.2, -0.15) is 0 Å². The van der Waals surface area contributed by atoms with Gasteiger partial charge in [-0.15, -0.1) is 0 Å². The molecule has 3 aromatic rings. The van der Waals surface area contributed by atoms with Gasteiger partial charge < -0.3 is 15.0 Å². The molecule has 3 amide bonds. The van der Waals surface area contributed by atoms with E-state index in [2.05, 4.69) is 57.0 Å². The van der Waals surface area contributed by atoms with Crippen LogP contribution in [0.3, 0.4) is 0 Å². The third-order valence-corrected chi connectivity index (χ3v) is 10.4. The zero-order chi connectivity index (χ0) is 36.6. The van der Waals surface area contributed by atoms with Gasteiger partial charge in [-0.05, 0) is 100 Å². The average Bonchev–Trinajstić information content (AvgIpc) is 3.28. The van der Waals surface area contributed by atoms with Crippen molar-refractivity contribution in [3.63, 3.8) is 0 Å². The largest absolute Gasteiger partial charge is 0.493 e. The van der Waals surface area contributed by atoms with Crippen LogP contribution in [0.25, 0.3) is 0 Å². The second-order valence-electron chi connectivity index (χ2n) is 15.7. The van der Waals surface area contributed by atoms with E-state index in [0.29, 0.717) is 54.4 Å². The van der Waals surface area contributed by atoms with Crippen molar-refractivity contribution in [2.24, 2.45) is 4.99 Å². The number of nitrogens with zero attached hydrogens (tertiary/aromatic N) is 4. The third kappa shape index (κ3) is 7.53. The Bertz CT molecular complexity index is 1740. The lowest BCUT2D eigenvalue weighted by molar-refractivity contribution is -0.124. The lowest BCUT2D eigenvalue weighted by Crippen LogP contribution is -2.61. The third-order valence-electron chi connectivity index (χ3n) is 9.85. The maximum Gasteiger partial charge on any atom is 0.326 e. The number of hydrogen-bond acceptors (Lipinski definition) is 5. The number of urea groups is 1. The fraction of sp³-hybridized carbons (Fsp3) is 0.475. The number of halogens is 2.